The van der Waals surface area contributed by atoms with Gasteiger partial charge in [-0.2, -0.15) is 0 Å². The van der Waals surface area contributed by atoms with Crippen molar-refractivity contribution in [1.29, 1.82) is 0 Å². The SMILES string of the molecule is C=C(C)CN(CC)C(=O)CCCc1cccs1. The standard InChI is InChI=1S/C14H21NOS/c1-4-15(11-12(2)3)14(16)9-5-7-13-8-6-10-17-13/h6,8,10H,2,4-5,7,9,11H2,1,3H3. The van der Waals surface area contributed by atoms with Crippen LogP contribution < -0.4 is 0 Å². The molecule has 0 radical (unpaired) electrons. The average Bonchev–Trinajstić information content (AvgIpc) is 2.78. The number of hydrogen-bond donors (Lipinski definition) is 0. The van der Waals surface area contributed by atoms with Gasteiger partial charge in [-0.15, -0.1) is 11.3 Å². The summed E-state index contributed by atoms with van der Waals surface area (Å²) in [4.78, 5) is 15.2. The molecule has 1 amide bonds. The number of aryl methyl sites for hydroxylation is 1. The summed E-state index contributed by atoms with van der Waals surface area (Å²) >= 11 is 1.76. The molecule has 0 fully saturated rings. The van der Waals surface area contributed by atoms with Crippen molar-refractivity contribution in [3.63, 3.8) is 0 Å². The van der Waals surface area contributed by atoms with Crippen molar-refractivity contribution in [3.05, 3.63) is 34.5 Å². The lowest BCUT2D eigenvalue weighted by molar-refractivity contribution is -0.130. The van der Waals surface area contributed by atoms with Crippen LogP contribution in [0, 0.1) is 0 Å². The lowest BCUT2D eigenvalue weighted by Gasteiger charge is -2.20. The number of carbonyl (C=O) groups excluding carboxylic acids is 1. The summed E-state index contributed by atoms with van der Waals surface area (Å²) in [6, 6.07) is 4.18. The molecule has 17 heavy (non-hydrogen) atoms. The molecule has 1 rings (SSSR count). The van der Waals surface area contributed by atoms with Crippen LogP contribution in [-0.2, 0) is 11.2 Å². The van der Waals surface area contributed by atoms with E-state index in [0.29, 0.717) is 13.0 Å². The predicted octanol–water partition coefficient (Wildman–Crippen LogP) is 3.50. The van der Waals surface area contributed by atoms with Crippen LogP contribution in [0.5, 0.6) is 0 Å². The van der Waals surface area contributed by atoms with Gasteiger partial charge in [-0.05, 0) is 38.1 Å². The van der Waals surface area contributed by atoms with Crippen molar-refractivity contribution in [3.8, 4) is 0 Å². The summed E-state index contributed by atoms with van der Waals surface area (Å²) in [6.07, 6.45) is 2.58. The molecule has 2 nitrogen and oxygen atoms in total. The predicted molar refractivity (Wildman–Crippen MR) is 74.3 cm³/mol. The van der Waals surface area contributed by atoms with Crippen LogP contribution in [0.25, 0.3) is 0 Å². The molecule has 1 aromatic rings. The molecule has 0 aliphatic carbocycles. The summed E-state index contributed by atoms with van der Waals surface area (Å²) in [6.45, 7) is 9.29. The minimum atomic E-state index is 0.243. The van der Waals surface area contributed by atoms with Gasteiger partial charge in [0.05, 0.1) is 0 Å². The van der Waals surface area contributed by atoms with Gasteiger partial charge in [0.2, 0.25) is 5.91 Å². The maximum absolute atomic E-state index is 11.9. The van der Waals surface area contributed by atoms with E-state index in [1.54, 1.807) is 11.3 Å². The van der Waals surface area contributed by atoms with E-state index in [4.69, 9.17) is 0 Å². The Labute approximate surface area is 108 Å². The van der Waals surface area contributed by atoms with Gasteiger partial charge in [0.25, 0.3) is 0 Å². The van der Waals surface area contributed by atoms with Gasteiger partial charge in [0.1, 0.15) is 0 Å². The highest BCUT2D eigenvalue weighted by molar-refractivity contribution is 7.09. The van der Waals surface area contributed by atoms with E-state index in [-0.39, 0.29) is 5.91 Å². The van der Waals surface area contributed by atoms with Gasteiger partial charge in [-0.25, -0.2) is 0 Å². The van der Waals surface area contributed by atoms with Crippen LogP contribution in [0.4, 0.5) is 0 Å². The topological polar surface area (TPSA) is 20.3 Å². The fourth-order valence-corrected chi connectivity index (χ4v) is 2.48. The van der Waals surface area contributed by atoms with E-state index in [9.17, 15) is 4.79 Å². The van der Waals surface area contributed by atoms with Crippen LogP contribution in [-0.4, -0.2) is 23.9 Å². The molecule has 0 aliphatic heterocycles. The molecule has 1 heterocycles. The molecule has 0 atom stereocenters. The van der Waals surface area contributed by atoms with Crippen molar-refractivity contribution in [2.24, 2.45) is 0 Å². The van der Waals surface area contributed by atoms with Crippen LogP contribution in [0.2, 0.25) is 0 Å². The van der Waals surface area contributed by atoms with Crippen molar-refractivity contribution in [2.75, 3.05) is 13.1 Å². The van der Waals surface area contributed by atoms with E-state index in [0.717, 1.165) is 25.0 Å². The summed E-state index contributed by atoms with van der Waals surface area (Å²) in [5, 5.41) is 2.08. The van der Waals surface area contributed by atoms with E-state index >= 15 is 0 Å². The molecule has 3 heteroatoms. The van der Waals surface area contributed by atoms with Crippen LogP contribution in [0.15, 0.2) is 29.7 Å². The van der Waals surface area contributed by atoms with Crippen LogP contribution in [0.3, 0.4) is 0 Å². The summed E-state index contributed by atoms with van der Waals surface area (Å²) in [5.74, 6) is 0.243. The third kappa shape index (κ3) is 5.18. The minimum absolute atomic E-state index is 0.243. The minimum Gasteiger partial charge on any atom is -0.339 e. The summed E-state index contributed by atoms with van der Waals surface area (Å²) in [7, 11) is 0. The second-order valence-electron chi connectivity index (χ2n) is 4.30. The Balaban J connectivity index is 2.29. The van der Waals surface area contributed by atoms with E-state index in [1.807, 2.05) is 18.7 Å². The second kappa shape index (κ2) is 7.28. The first-order valence-corrected chi connectivity index (χ1v) is 6.96. The molecular formula is C14H21NOS. The van der Waals surface area contributed by atoms with E-state index < -0.39 is 0 Å². The van der Waals surface area contributed by atoms with Crippen LogP contribution >= 0.6 is 11.3 Å². The zero-order valence-corrected chi connectivity index (χ0v) is 11.6. The largest absolute Gasteiger partial charge is 0.339 e. The first-order chi connectivity index (χ1) is 8.13. The molecule has 1 aromatic heterocycles. The van der Waals surface area contributed by atoms with Gasteiger partial charge in [0, 0.05) is 24.4 Å². The normalized spacial score (nSPS) is 10.2. The number of carbonyl (C=O) groups is 1. The Kier molecular flexibility index (Phi) is 5.98. The Morgan fingerprint density at radius 2 is 2.29 bits per heavy atom. The number of hydrogen-bond acceptors (Lipinski definition) is 2. The Bertz CT molecular complexity index is 356. The monoisotopic (exact) mass is 251 g/mol. The maximum Gasteiger partial charge on any atom is 0.222 e. The summed E-state index contributed by atoms with van der Waals surface area (Å²) < 4.78 is 0. The number of thiophene rings is 1. The molecule has 0 saturated heterocycles. The lowest BCUT2D eigenvalue weighted by atomic mass is 10.2. The van der Waals surface area contributed by atoms with Crippen molar-refractivity contribution in [2.45, 2.75) is 33.1 Å². The Morgan fingerprint density at radius 3 is 2.82 bits per heavy atom. The molecule has 94 valence electrons. The molecule has 0 unspecified atom stereocenters. The zero-order valence-electron chi connectivity index (χ0n) is 10.7. The van der Waals surface area contributed by atoms with Gasteiger partial charge >= 0.3 is 0 Å². The molecular weight excluding hydrogens is 230 g/mol. The Morgan fingerprint density at radius 1 is 1.53 bits per heavy atom. The Hall–Kier alpha value is -1.09. The quantitative estimate of drug-likeness (QED) is 0.679. The second-order valence-corrected chi connectivity index (χ2v) is 5.33. The van der Waals surface area contributed by atoms with Crippen molar-refractivity contribution in [1.82, 2.24) is 4.90 Å². The number of amides is 1. The van der Waals surface area contributed by atoms with Gasteiger partial charge in [-0.3, -0.25) is 4.79 Å². The van der Waals surface area contributed by atoms with Gasteiger partial charge < -0.3 is 4.90 Å². The number of nitrogens with zero attached hydrogens (tertiary/aromatic N) is 1. The molecule has 0 aromatic carbocycles. The molecule has 0 aliphatic rings. The highest BCUT2D eigenvalue weighted by Gasteiger charge is 2.10. The molecule has 0 N–H and O–H groups in total. The van der Waals surface area contributed by atoms with Gasteiger partial charge in [-0.1, -0.05) is 18.2 Å². The highest BCUT2D eigenvalue weighted by atomic mass is 32.1. The third-order valence-corrected chi connectivity index (χ3v) is 3.53. The van der Waals surface area contributed by atoms with Gasteiger partial charge in [0.15, 0.2) is 0 Å². The maximum atomic E-state index is 11.9. The summed E-state index contributed by atoms with van der Waals surface area (Å²) in [5.41, 5.74) is 1.04. The molecule has 0 bridgehead atoms. The fraction of sp³-hybridized carbons (Fsp3) is 0.500. The number of rotatable bonds is 7. The fourth-order valence-electron chi connectivity index (χ4n) is 1.73. The smallest absolute Gasteiger partial charge is 0.222 e. The van der Waals surface area contributed by atoms with Crippen molar-refractivity contribution >= 4 is 17.2 Å². The van der Waals surface area contributed by atoms with E-state index in [1.165, 1.54) is 4.88 Å². The average molecular weight is 251 g/mol. The zero-order chi connectivity index (χ0) is 12.7. The van der Waals surface area contributed by atoms with Crippen molar-refractivity contribution < 1.29 is 4.79 Å². The van der Waals surface area contributed by atoms with E-state index in [2.05, 4.69) is 24.1 Å². The lowest BCUT2D eigenvalue weighted by Crippen LogP contribution is -2.31. The first kappa shape index (κ1) is 14.0. The number of likely N-dealkylation sites (N-methyl/N-ethyl adjacent to an activating group) is 1. The molecule has 0 saturated carbocycles. The molecule has 0 spiro atoms. The highest BCUT2D eigenvalue weighted by Crippen LogP contribution is 2.12. The first-order valence-electron chi connectivity index (χ1n) is 6.08. The van der Waals surface area contributed by atoms with Crippen LogP contribution in [0.1, 0.15) is 31.6 Å². The third-order valence-electron chi connectivity index (χ3n) is 2.59.